The van der Waals surface area contributed by atoms with E-state index in [-0.39, 0.29) is 17.5 Å². The third kappa shape index (κ3) is 3.50. The van der Waals surface area contributed by atoms with Crippen LogP contribution in [0.2, 0.25) is 0 Å². The van der Waals surface area contributed by atoms with Crippen molar-refractivity contribution in [2.75, 3.05) is 26.2 Å². The molecule has 0 bridgehead atoms. The van der Waals surface area contributed by atoms with E-state index in [4.69, 9.17) is 0 Å². The summed E-state index contributed by atoms with van der Waals surface area (Å²) in [6, 6.07) is 7.51. The molecule has 4 rings (SSSR count). The van der Waals surface area contributed by atoms with Crippen molar-refractivity contribution in [1.29, 1.82) is 0 Å². The average Bonchev–Trinajstić information content (AvgIpc) is 2.67. The Morgan fingerprint density at radius 2 is 2.00 bits per heavy atom. The molecule has 27 heavy (non-hydrogen) atoms. The number of carbonyl (C=O) groups is 1. The van der Waals surface area contributed by atoms with Crippen molar-refractivity contribution >= 4 is 16.7 Å². The Bertz CT molecular complexity index is 891. The molecule has 2 aromatic rings. The van der Waals surface area contributed by atoms with Gasteiger partial charge in [-0.3, -0.25) is 9.59 Å². The largest absolute Gasteiger partial charge is 0.334 e. The molecule has 6 nitrogen and oxygen atoms in total. The van der Waals surface area contributed by atoms with Gasteiger partial charge in [0, 0.05) is 37.6 Å². The lowest BCUT2D eigenvalue weighted by atomic mass is 9.83. The molecule has 0 radical (unpaired) electrons. The van der Waals surface area contributed by atoms with E-state index in [0.29, 0.717) is 28.3 Å². The first kappa shape index (κ1) is 18.2. The van der Waals surface area contributed by atoms with Gasteiger partial charge in [0.1, 0.15) is 0 Å². The Morgan fingerprint density at radius 3 is 2.78 bits per heavy atom. The summed E-state index contributed by atoms with van der Waals surface area (Å²) < 4.78 is 0. The van der Waals surface area contributed by atoms with E-state index >= 15 is 0 Å². The Morgan fingerprint density at radius 1 is 1.22 bits per heavy atom. The molecule has 2 aliphatic heterocycles. The van der Waals surface area contributed by atoms with Crippen molar-refractivity contribution in [3.63, 3.8) is 0 Å². The van der Waals surface area contributed by atoms with Crippen LogP contribution in [0.15, 0.2) is 29.1 Å². The van der Waals surface area contributed by atoms with Gasteiger partial charge in [-0.2, -0.15) is 5.10 Å². The van der Waals surface area contributed by atoms with Gasteiger partial charge in [-0.25, -0.2) is 5.10 Å². The number of hydrogen-bond acceptors (Lipinski definition) is 4. The van der Waals surface area contributed by atoms with Crippen LogP contribution in [-0.2, 0) is 0 Å². The van der Waals surface area contributed by atoms with E-state index in [0.717, 1.165) is 39.0 Å². The van der Waals surface area contributed by atoms with Gasteiger partial charge in [0.05, 0.1) is 5.39 Å². The van der Waals surface area contributed by atoms with E-state index in [2.05, 4.69) is 28.9 Å². The van der Waals surface area contributed by atoms with Crippen molar-refractivity contribution in [2.24, 2.45) is 11.8 Å². The van der Waals surface area contributed by atoms with Gasteiger partial charge < -0.3 is 9.80 Å². The molecule has 0 unspecified atom stereocenters. The molecule has 0 spiro atoms. The summed E-state index contributed by atoms with van der Waals surface area (Å²) in [5.74, 6) is 1.15. The highest BCUT2D eigenvalue weighted by molar-refractivity contribution is 6.04. The quantitative estimate of drug-likeness (QED) is 0.904. The lowest BCUT2D eigenvalue weighted by Crippen LogP contribution is -2.56. The van der Waals surface area contributed by atoms with Crippen molar-refractivity contribution in [1.82, 2.24) is 20.0 Å². The molecular weight excluding hydrogens is 340 g/mol. The number of H-pyrrole nitrogens is 1. The number of hydrogen-bond donors (Lipinski definition) is 1. The molecule has 2 atom stereocenters. The number of likely N-dealkylation sites (tertiary alicyclic amines) is 2. The van der Waals surface area contributed by atoms with Crippen LogP contribution in [0, 0.1) is 11.8 Å². The minimum absolute atomic E-state index is 0.0468. The molecule has 1 aromatic carbocycles. The maximum Gasteiger partial charge on any atom is 0.275 e. The lowest BCUT2D eigenvalue weighted by Gasteiger charge is -2.47. The summed E-state index contributed by atoms with van der Waals surface area (Å²) >= 11 is 0. The predicted octanol–water partition coefficient (Wildman–Crippen LogP) is 2.51. The number of nitrogens with zero attached hydrogens (tertiary/aromatic N) is 3. The number of aromatic nitrogens is 2. The van der Waals surface area contributed by atoms with Crippen LogP contribution in [-0.4, -0.2) is 58.1 Å². The zero-order valence-corrected chi connectivity index (χ0v) is 16.1. The average molecular weight is 368 g/mol. The highest BCUT2D eigenvalue weighted by atomic mass is 16.2. The fourth-order valence-electron chi connectivity index (χ4n) is 4.83. The Hall–Kier alpha value is -2.21. The van der Waals surface area contributed by atoms with Gasteiger partial charge in [0.15, 0.2) is 5.69 Å². The number of aromatic amines is 1. The molecule has 6 heteroatoms. The summed E-state index contributed by atoms with van der Waals surface area (Å²) in [5, 5.41) is 7.80. The number of benzene rings is 1. The Balaban J connectivity index is 1.60. The first-order valence-electron chi connectivity index (χ1n) is 10.1. The molecule has 2 aliphatic rings. The van der Waals surface area contributed by atoms with E-state index in [1.807, 2.05) is 23.1 Å². The third-order valence-corrected chi connectivity index (χ3v) is 5.94. The van der Waals surface area contributed by atoms with Crippen LogP contribution in [0.5, 0.6) is 0 Å². The van der Waals surface area contributed by atoms with Gasteiger partial charge >= 0.3 is 0 Å². The summed E-state index contributed by atoms with van der Waals surface area (Å²) in [6.45, 7) is 8.55. The van der Waals surface area contributed by atoms with E-state index in [1.54, 1.807) is 6.07 Å². The van der Waals surface area contributed by atoms with Crippen LogP contribution in [0.3, 0.4) is 0 Å². The standard InChI is InChI=1S/C21H28N4O2/c1-14(2)12-24-11-9-18-15(13-24)6-5-10-25(18)21(27)19-16-7-3-4-8-17(16)20(26)23-22-19/h3-4,7-8,14-15,18H,5-6,9-13H2,1-2H3,(H,23,26)/t15-,18+/m1/s1. The van der Waals surface area contributed by atoms with E-state index in [9.17, 15) is 9.59 Å². The van der Waals surface area contributed by atoms with Gasteiger partial charge in [0.2, 0.25) is 0 Å². The molecule has 1 aromatic heterocycles. The van der Waals surface area contributed by atoms with Crippen LogP contribution < -0.4 is 5.56 Å². The van der Waals surface area contributed by atoms with Gasteiger partial charge in [-0.1, -0.05) is 32.0 Å². The number of piperidine rings is 2. The van der Waals surface area contributed by atoms with Crippen molar-refractivity contribution < 1.29 is 4.79 Å². The van der Waals surface area contributed by atoms with Crippen LogP contribution in [0.1, 0.15) is 43.6 Å². The lowest BCUT2D eigenvalue weighted by molar-refractivity contribution is 0.0175. The third-order valence-electron chi connectivity index (χ3n) is 5.94. The van der Waals surface area contributed by atoms with Gasteiger partial charge in [-0.05, 0) is 37.2 Å². The number of nitrogens with one attached hydrogen (secondary N) is 1. The molecule has 0 aliphatic carbocycles. The molecule has 1 amide bonds. The Kier molecular flexibility index (Phi) is 5.00. The summed E-state index contributed by atoms with van der Waals surface area (Å²) in [7, 11) is 0. The molecule has 2 saturated heterocycles. The summed E-state index contributed by atoms with van der Waals surface area (Å²) in [6.07, 6.45) is 3.23. The molecule has 3 heterocycles. The minimum atomic E-state index is -0.249. The molecule has 2 fully saturated rings. The fraction of sp³-hybridized carbons (Fsp3) is 0.571. The highest BCUT2D eigenvalue weighted by Gasteiger charge is 2.39. The highest BCUT2D eigenvalue weighted by Crippen LogP contribution is 2.32. The second kappa shape index (κ2) is 7.43. The second-order valence-electron chi connectivity index (χ2n) is 8.36. The molecule has 0 saturated carbocycles. The zero-order chi connectivity index (χ0) is 19.0. The molecular formula is C21H28N4O2. The van der Waals surface area contributed by atoms with Crippen LogP contribution in [0.4, 0.5) is 0 Å². The zero-order valence-electron chi connectivity index (χ0n) is 16.1. The number of amides is 1. The number of rotatable bonds is 3. The minimum Gasteiger partial charge on any atom is -0.334 e. The Labute approximate surface area is 159 Å². The SMILES string of the molecule is CC(C)CN1CC[C@H]2[C@H](CCCN2C(=O)c2n[nH]c(=O)c3ccccc23)C1. The predicted molar refractivity (Wildman–Crippen MR) is 106 cm³/mol. The maximum absolute atomic E-state index is 13.4. The van der Waals surface area contributed by atoms with Crippen molar-refractivity contribution in [3.8, 4) is 0 Å². The second-order valence-corrected chi connectivity index (χ2v) is 8.36. The van der Waals surface area contributed by atoms with Crippen molar-refractivity contribution in [3.05, 3.63) is 40.3 Å². The first-order valence-corrected chi connectivity index (χ1v) is 10.1. The fourth-order valence-corrected chi connectivity index (χ4v) is 4.83. The topological polar surface area (TPSA) is 69.3 Å². The molecule has 144 valence electrons. The number of carbonyl (C=O) groups excluding carboxylic acids is 1. The monoisotopic (exact) mass is 368 g/mol. The normalized spacial score (nSPS) is 23.6. The van der Waals surface area contributed by atoms with Crippen molar-refractivity contribution in [2.45, 2.75) is 39.2 Å². The van der Waals surface area contributed by atoms with Crippen LogP contribution in [0.25, 0.3) is 10.8 Å². The smallest absolute Gasteiger partial charge is 0.275 e. The summed E-state index contributed by atoms with van der Waals surface area (Å²) in [4.78, 5) is 30.0. The number of fused-ring (bicyclic) bond motifs is 2. The first-order chi connectivity index (χ1) is 13.0. The van der Waals surface area contributed by atoms with E-state index in [1.165, 1.54) is 6.42 Å². The molecule has 1 N–H and O–H groups in total. The van der Waals surface area contributed by atoms with Crippen LogP contribution >= 0.6 is 0 Å². The van der Waals surface area contributed by atoms with Gasteiger partial charge in [0.25, 0.3) is 11.5 Å². The maximum atomic E-state index is 13.4. The van der Waals surface area contributed by atoms with E-state index < -0.39 is 0 Å². The van der Waals surface area contributed by atoms with Gasteiger partial charge in [-0.15, -0.1) is 0 Å². The summed E-state index contributed by atoms with van der Waals surface area (Å²) in [5.41, 5.74) is 0.121.